The highest BCUT2D eigenvalue weighted by molar-refractivity contribution is 6.36. The van der Waals surface area contributed by atoms with Crippen molar-refractivity contribution in [3.8, 4) is 45.3 Å². The standard InChI is InChI=1S/C49H31N5/c1-4-15-32(16-5-1)40-31-41(52-49(51-40)34-17-6-2-7-18-34)33-26-28-36(29-27-33)53-42-24-12-10-21-37(42)44-39-23-14-30-50-46(39)48-45(47(44)53)38-22-11-13-25-43(38)54(48)35-19-8-3-9-20-35/h1-31H. The Balaban J connectivity index is 1.19. The van der Waals surface area contributed by atoms with Crippen molar-refractivity contribution in [2.45, 2.75) is 0 Å². The summed E-state index contributed by atoms with van der Waals surface area (Å²) in [5, 5.41) is 5.92. The normalized spacial score (nSPS) is 11.7. The van der Waals surface area contributed by atoms with Crippen LogP contribution in [0.5, 0.6) is 0 Å². The lowest BCUT2D eigenvalue weighted by Crippen LogP contribution is -1.98. The van der Waals surface area contributed by atoms with Gasteiger partial charge in [-0.15, -0.1) is 0 Å². The fourth-order valence-electron chi connectivity index (χ4n) is 8.21. The molecule has 0 N–H and O–H groups in total. The summed E-state index contributed by atoms with van der Waals surface area (Å²) in [6, 6.07) is 63.9. The van der Waals surface area contributed by atoms with Gasteiger partial charge in [-0.3, -0.25) is 4.98 Å². The van der Waals surface area contributed by atoms with Crippen molar-refractivity contribution in [1.29, 1.82) is 0 Å². The quantitative estimate of drug-likeness (QED) is 0.181. The van der Waals surface area contributed by atoms with Crippen LogP contribution in [0.25, 0.3) is 99.8 Å². The first-order chi connectivity index (χ1) is 26.8. The van der Waals surface area contributed by atoms with Crippen LogP contribution in [0.1, 0.15) is 0 Å². The van der Waals surface area contributed by atoms with Crippen LogP contribution < -0.4 is 0 Å². The zero-order valence-electron chi connectivity index (χ0n) is 29.1. The average Bonchev–Trinajstić information content (AvgIpc) is 3.79. The van der Waals surface area contributed by atoms with Crippen molar-refractivity contribution in [1.82, 2.24) is 24.1 Å². The molecule has 4 heterocycles. The fourth-order valence-corrected chi connectivity index (χ4v) is 8.21. The number of nitrogens with zero attached hydrogens (tertiary/aromatic N) is 5. The molecule has 11 rings (SSSR count). The Morgan fingerprint density at radius 1 is 0.370 bits per heavy atom. The molecule has 7 aromatic carbocycles. The van der Waals surface area contributed by atoms with E-state index in [-0.39, 0.29) is 0 Å². The van der Waals surface area contributed by atoms with Crippen LogP contribution in [0.3, 0.4) is 0 Å². The van der Waals surface area contributed by atoms with E-state index in [0.29, 0.717) is 5.82 Å². The molecule has 0 aliphatic carbocycles. The zero-order chi connectivity index (χ0) is 35.6. The minimum Gasteiger partial charge on any atom is -0.309 e. The van der Waals surface area contributed by atoms with Gasteiger partial charge >= 0.3 is 0 Å². The van der Waals surface area contributed by atoms with E-state index in [2.05, 4.69) is 155 Å². The minimum atomic E-state index is 0.705. The Bertz CT molecular complexity index is 3120. The Hall–Kier alpha value is -7.37. The molecule has 0 fully saturated rings. The maximum Gasteiger partial charge on any atom is 0.160 e. The van der Waals surface area contributed by atoms with E-state index in [1.807, 2.05) is 42.6 Å². The molecule has 0 saturated carbocycles. The van der Waals surface area contributed by atoms with Gasteiger partial charge in [0.15, 0.2) is 5.82 Å². The molecule has 0 unspecified atom stereocenters. The summed E-state index contributed by atoms with van der Waals surface area (Å²) in [6.45, 7) is 0. The largest absolute Gasteiger partial charge is 0.309 e. The molecule has 0 atom stereocenters. The van der Waals surface area contributed by atoms with Crippen molar-refractivity contribution in [2.75, 3.05) is 0 Å². The molecule has 0 aliphatic rings. The van der Waals surface area contributed by atoms with Gasteiger partial charge < -0.3 is 9.13 Å². The van der Waals surface area contributed by atoms with Crippen LogP contribution in [-0.2, 0) is 0 Å². The number of para-hydroxylation sites is 3. The van der Waals surface area contributed by atoms with E-state index >= 15 is 0 Å². The van der Waals surface area contributed by atoms with Gasteiger partial charge in [-0.2, -0.15) is 0 Å². The van der Waals surface area contributed by atoms with Crippen LogP contribution >= 0.6 is 0 Å². The molecule has 11 aromatic rings. The van der Waals surface area contributed by atoms with Crippen molar-refractivity contribution < 1.29 is 0 Å². The fraction of sp³-hybridized carbons (Fsp3) is 0. The van der Waals surface area contributed by atoms with Crippen LogP contribution in [0.4, 0.5) is 0 Å². The zero-order valence-corrected chi connectivity index (χ0v) is 29.1. The third-order valence-electron chi connectivity index (χ3n) is 10.6. The van der Waals surface area contributed by atoms with Gasteiger partial charge in [0, 0.05) is 61.2 Å². The van der Waals surface area contributed by atoms with Crippen molar-refractivity contribution in [3.05, 3.63) is 188 Å². The number of aromatic nitrogens is 5. The van der Waals surface area contributed by atoms with Crippen LogP contribution in [0.2, 0.25) is 0 Å². The number of benzene rings is 7. The van der Waals surface area contributed by atoms with Crippen molar-refractivity contribution in [3.63, 3.8) is 0 Å². The summed E-state index contributed by atoms with van der Waals surface area (Å²) in [4.78, 5) is 15.2. The van der Waals surface area contributed by atoms with E-state index in [9.17, 15) is 0 Å². The predicted octanol–water partition coefficient (Wildman–Crippen LogP) is 12.2. The second-order valence-corrected chi connectivity index (χ2v) is 13.6. The molecule has 252 valence electrons. The number of hydrogen-bond acceptors (Lipinski definition) is 3. The van der Waals surface area contributed by atoms with E-state index in [4.69, 9.17) is 15.0 Å². The Morgan fingerprint density at radius 2 is 0.870 bits per heavy atom. The van der Waals surface area contributed by atoms with Gasteiger partial charge in [0.1, 0.15) is 0 Å². The molecule has 5 heteroatoms. The first-order valence-corrected chi connectivity index (χ1v) is 18.2. The summed E-state index contributed by atoms with van der Waals surface area (Å²) < 4.78 is 4.82. The second kappa shape index (κ2) is 12.1. The van der Waals surface area contributed by atoms with Gasteiger partial charge in [-0.05, 0) is 48.5 Å². The Kier molecular flexibility index (Phi) is 6.79. The summed E-state index contributed by atoms with van der Waals surface area (Å²) in [5.74, 6) is 0.705. The Morgan fingerprint density at radius 3 is 1.54 bits per heavy atom. The molecule has 0 bridgehead atoms. The summed E-state index contributed by atoms with van der Waals surface area (Å²) in [7, 11) is 0. The van der Waals surface area contributed by atoms with E-state index in [1.165, 1.54) is 27.1 Å². The van der Waals surface area contributed by atoms with E-state index < -0.39 is 0 Å². The van der Waals surface area contributed by atoms with Crippen LogP contribution in [0.15, 0.2) is 188 Å². The SMILES string of the molecule is c1ccc(-c2cc(-c3ccc(-n4c5ccccc5c5c6cccnc6c6c(c7ccccc7n6-c6ccccc6)c54)cc3)nc(-c3ccccc3)n2)cc1. The maximum absolute atomic E-state index is 5.10. The Labute approximate surface area is 311 Å². The molecule has 0 saturated heterocycles. The van der Waals surface area contributed by atoms with Gasteiger partial charge in [0.25, 0.3) is 0 Å². The summed E-state index contributed by atoms with van der Waals surface area (Å²) in [5.41, 5.74) is 12.6. The first kappa shape index (κ1) is 30.3. The molecule has 4 aromatic heterocycles. The molecular weight excluding hydrogens is 659 g/mol. The smallest absolute Gasteiger partial charge is 0.160 e. The van der Waals surface area contributed by atoms with Gasteiger partial charge in [0.2, 0.25) is 0 Å². The lowest BCUT2D eigenvalue weighted by molar-refractivity contribution is 1.17. The van der Waals surface area contributed by atoms with Gasteiger partial charge in [0.05, 0.1) is 39.0 Å². The highest BCUT2D eigenvalue weighted by atomic mass is 15.0. The number of fused-ring (bicyclic) bond motifs is 10. The molecule has 0 radical (unpaired) electrons. The molecule has 5 nitrogen and oxygen atoms in total. The first-order valence-electron chi connectivity index (χ1n) is 18.2. The molecule has 0 amide bonds. The minimum absolute atomic E-state index is 0.705. The van der Waals surface area contributed by atoms with Gasteiger partial charge in [-0.1, -0.05) is 133 Å². The molecular formula is C49H31N5. The average molecular weight is 690 g/mol. The summed E-state index contributed by atoms with van der Waals surface area (Å²) in [6.07, 6.45) is 1.91. The summed E-state index contributed by atoms with van der Waals surface area (Å²) >= 11 is 0. The van der Waals surface area contributed by atoms with Crippen molar-refractivity contribution >= 4 is 54.5 Å². The van der Waals surface area contributed by atoms with E-state index in [0.717, 1.165) is 66.9 Å². The third kappa shape index (κ3) is 4.62. The number of hydrogen-bond donors (Lipinski definition) is 0. The maximum atomic E-state index is 5.10. The lowest BCUT2D eigenvalue weighted by atomic mass is 10.0. The van der Waals surface area contributed by atoms with Crippen LogP contribution in [-0.4, -0.2) is 24.1 Å². The van der Waals surface area contributed by atoms with Crippen molar-refractivity contribution in [2.24, 2.45) is 0 Å². The predicted molar refractivity (Wildman–Crippen MR) is 222 cm³/mol. The van der Waals surface area contributed by atoms with Crippen LogP contribution in [0, 0.1) is 0 Å². The van der Waals surface area contributed by atoms with E-state index in [1.54, 1.807) is 0 Å². The monoisotopic (exact) mass is 689 g/mol. The number of rotatable bonds is 5. The molecule has 0 aliphatic heterocycles. The number of pyridine rings is 1. The molecule has 54 heavy (non-hydrogen) atoms. The topological polar surface area (TPSA) is 48.5 Å². The highest BCUT2D eigenvalue weighted by Crippen LogP contribution is 2.46. The van der Waals surface area contributed by atoms with Gasteiger partial charge in [-0.25, -0.2) is 9.97 Å². The highest BCUT2D eigenvalue weighted by Gasteiger charge is 2.25. The second-order valence-electron chi connectivity index (χ2n) is 13.6. The molecule has 0 spiro atoms. The lowest BCUT2D eigenvalue weighted by Gasteiger charge is -2.13. The third-order valence-corrected chi connectivity index (χ3v) is 10.6.